The molecule has 0 unspecified atom stereocenters. The molecule has 27 heavy (non-hydrogen) atoms. The van der Waals surface area contributed by atoms with Gasteiger partial charge in [-0.05, 0) is 36.0 Å². The maximum atomic E-state index is 12.1. The molecule has 2 aromatic carbocycles. The number of carbonyl (C=O) groups excluding carboxylic acids is 1. The number of benzene rings is 2. The van der Waals surface area contributed by atoms with Crippen LogP contribution in [0.4, 0.5) is 5.69 Å². The fourth-order valence-electron chi connectivity index (χ4n) is 2.01. The predicted octanol–water partition coefficient (Wildman–Crippen LogP) is 4.20. The number of hydrogen-bond donors (Lipinski definition) is 4. The summed E-state index contributed by atoms with van der Waals surface area (Å²) in [5.74, 6) is -0.400. The van der Waals surface area contributed by atoms with Crippen molar-refractivity contribution in [1.29, 1.82) is 0 Å². The highest BCUT2D eigenvalue weighted by Gasteiger charge is 2.34. The van der Waals surface area contributed by atoms with Crippen molar-refractivity contribution in [2.45, 2.75) is 9.96 Å². The van der Waals surface area contributed by atoms with E-state index in [-0.39, 0.29) is 10.9 Å². The number of hydrogen-bond acceptors (Lipinski definition) is 3. The summed E-state index contributed by atoms with van der Waals surface area (Å²) in [6.45, 7) is 0. The van der Waals surface area contributed by atoms with Gasteiger partial charge < -0.3 is 21.1 Å². The van der Waals surface area contributed by atoms with Crippen LogP contribution in [0, 0.1) is 0 Å². The Morgan fingerprint density at radius 1 is 1.07 bits per heavy atom. The van der Waals surface area contributed by atoms with Crippen LogP contribution in [0.2, 0.25) is 0 Å². The Morgan fingerprint density at radius 2 is 1.78 bits per heavy atom. The number of phenols is 1. The lowest BCUT2D eigenvalue weighted by molar-refractivity contribution is -0.117. The normalized spacial score (nSPS) is 12.4. The number of thiocarbonyl (C=S) groups is 1. The lowest BCUT2D eigenvalue weighted by Gasteiger charge is -2.27. The van der Waals surface area contributed by atoms with E-state index in [9.17, 15) is 9.90 Å². The lowest BCUT2D eigenvalue weighted by atomic mass is 10.2. The fourth-order valence-corrected chi connectivity index (χ4v) is 2.57. The number of amides is 1. The van der Waals surface area contributed by atoms with Crippen LogP contribution in [-0.4, -0.2) is 26.1 Å². The summed E-state index contributed by atoms with van der Waals surface area (Å²) in [4.78, 5) is 12.1. The van der Waals surface area contributed by atoms with Gasteiger partial charge in [0.05, 0.1) is 0 Å². The van der Waals surface area contributed by atoms with E-state index in [4.69, 9.17) is 47.0 Å². The first kappa shape index (κ1) is 21.3. The molecule has 0 saturated heterocycles. The fraction of sp³-hybridized carbons (Fsp3) is 0.111. The van der Waals surface area contributed by atoms with Gasteiger partial charge in [-0.15, -0.1) is 0 Å². The van der Waals surface area contributed by atoms with E-state index in [0.29, 0.717) is 5.69 Å². The first-order valence-electron chi connectivity index (χ1n) is 7.71. The number of rotatable bonds is 5. The second kappa shape index (κ2) is 9.80. The molecule has 2 aromatic rings. The molecule has 0 aromatic heterocycles. The average molecular weight is 445 g/mol. The maximum Gasteiger partial charge on any atom is 0.245 e. The Balaban J connectivity index is 1.99. The van der Waals surface area contributed by atoms with Gasteiger partial charge in [0.2, 0.25) is 9.70 Å². The number of phenolic OH excluding ortho intramolecular Hbond substituents is 1. The highest BCUT2D eigenvalue weighted by molar-refractivity contribution is 7.80. The van der Waals surface area contributed by atoms with E-state index in [1.807, 2.05) is 30.3 Å². The van der Waals surface area contributed by atoms with Crippen molar-refractivity contribution in [2.75, 3.05) is 5.32 Å². The Hall–Kier alpha value is -1.99. The van der Waals surface area contributed by atoms with Crippen LogP contribution in [0.5, 0.6) is 5.75 Å². The van der Waals surface area contributed by atoms with Gasteiger partial charge in [0.1, 0.15) is 11.9 Å². The molecule has 142 valence electrons. The van der Waals surface area contributed by atoms with Crippen molar-refractivity contribution >= 4 is 69.8 Å². The third kappa shape index (κ3) is 7.64. The van der Waals surface area contributed by atoms with E-state index in [2.05, 4.69) is 16.0 Å². The van der Waals surface area contributed by atoms with Crippen LogP contribution in [0.25, 0.3) is 6.08 Å². The first-order valence-corrected chi connectivity index (χ1v) is 9.25. The van der Waals surface area contributed by atoms with Gasteiger partial charge in [-0.3, -0.25) is 4.79 Å². The van der Waals surface area contributed by atoms with Crippen LogP contribution >= 0.6 is 47.0 Å². The summed E-state index contributed by atoms with van der Waals surface area (Å²) >= 11 is 23.0. The van der Waals surface area contributed by atoms with Gasteiger partial charge in [0, 0.05) is 17.8 Å². The lowest BCUT2D eigenvalue weighted by Crippen LogP contribution is -2.55. The summed E-state index contributed by atoms with van der Waals surface area (Å²) in [5, 5.41) is 17.7. The van der Waals surface area contributed by atoms with Crippen LogP contribution in [0.15, 0.2) is 60.7 Å². The standard InChI is InChI=1S/C18H16Cl3N3O2S/c19-18(20,21)16(23-15(26)10-9-12-5-2-1-3-6-12)24-17(27)22-13-7-4-8-14(25)11-13/h1-11,16,25H,(H,23,26)(H2,22,24,27)/b10-9+/t16-/m0/s1. The zero-order valence-corrected chi connectivity index (χ0v) is 16.9. The van der Waals surface area contributed by atoms with Crippen LogP contribution in [0.3, 0.4) is 0 Å². The second-order valence-electron chi connectivity index (χ2n) is 5.38. The molecule has 1 atom stereocenters. The van der Waals surface area contributed by atoms with Crippen molar-refractivity contribution in [3.8, 4) is 5.75 Å². The van der Waals surface area contributed by atoms with Crippen molar-refractivity contribution in [3.63, 3.8) is 0 Å². The molecule has 1 amide bonds. The third-order valence-electron chi connectivity index (χ3n) is 3.22. The van der Waals surface area contributed by atoms with Crippen molar-refractivity contribution in [1.82, 2.24) is 10.6 Å². The van der Waals surface area contributed by atoms with Crippen molar-refractivity contribution < 1.29 is 9.90 Å². The largest absolute Gasteiger partial charge is 0.508 e. The average Bonchev–Trinajstić information content (AvgIpc) is 2.59. The highest BCUT2D eigenvalue weighted by atomic mass is 35.6. The number of nitrogens with one attached hydrogen (secondary N) is 3. The van der Waals surface area contributed by atoms with E-state index in [0.717, 1.165) is 5.56 Å². The van der Waals surface area contributed by atoms with Crippen LogP contribution in [-0.2, 0) is 4.79 Å². The molecule has 5 nitrogen and oxygen atoms in total. The molecule has 2 rings (SSSR count). The minimum absolute atomic E-state index is 0.0695. The number of halogens is 3. The molecule has 0 fully saturated rings. The van der Waals surface area contributed by atoms with Gasteiger partial charge in [-0.25, -0.2) is 0 Å². The quantitative estimate of drug-likeness (QED) is 0.241. The molecule has 4 N–H and O–H groups in total. The number of aromatic hydroxyl groups is 1. The molecule has 0 heterocycles. The van der Waals surface area contributed by atoms with Gasteiger partial charge >= 0.3 is 0 Å². The monoisotopic (exact) mass is 443 g/mol. The van der Waals surface area contributed by atoms with Crippen LogP contribution in [0.1, 0.15) is 5.56 Å². The number of alkyl halides is 3. The molecule has 0 spiro atoms. The summed E-state index contributed by atoms with van der Waals surface area (Å²) in [6, 6.07) is 15.6. The molecule has 0 radical (unpaired) electrons. The molecular weight excluding hydrogens is 429 g/mol. The molecule has 0 aliphatic rings. The Labute approximate surface area is 177 Å². The Bertz CT molecular complexity index is 826. The predicted molar refractivity (Wildman–Crippen MR) is 115 cm³/mol. The minimum atomic E-state index is -1.86. The summed E-state index contributed by atoms with van der Waals surface area (Å²) in [7, 11) is 0. The topological polar surface area (TPSA) is 73.4 Å². The van der Waals surface area contributed by atoms with E-state index in [1.54, 1.807) is 18.2 Å². The van der Waals surface area contributed by atoms with E-state index >= 15 is 0 Å². The minimum Gasteiger partial charge on any atom is -0.508 e. The highest BCUT2D eigenvalue weighted by Crippen LogP contribution is 2.29. The zero-order chi connectivity index (χ0) is 19.9. The smallest absolute Gasteiger partial charge is 0.245 e. The SMILES string of the molecule is O=C(/C=C/c1ccccc1)N[C@@H](NC(=S)Nc1cccc(O)c1)C(Cl)(Cl)Cl. The zero-order valence-electron chi connectivity index (χ0n) is 13.8. The first-order chi connectivity index (χ1) is 12.7. The second-order valence-corrected chi connectivity index (χ2v) is 8.15. The maximum absolute atomic E-state index is 12.1. The summed E-state index contributed by atoms with van der Waals surface area (Å²) < 4.78 is -1.86. The van der Waals surface area contributed by atoms with Crippen molar-refractivity contribution in [3.05, 3.63) is 66.2 Å². The van der Waals surface area contributed by atoms with Gasteiger partial charge in [0.15, 0.2) is 5.11 Å². The molecule has 0 aliphatic heterocycles. The Morgan fingerprint density at radius 3 is 2.41 bits per heavy atom. The van der Waals surface area contributed by atoms with Gasteiger partial charge in [0.25, 0.3) is 0 Å². The van der Waals surface area contributed by atoms with E-state index < -0.39 is 15.9 Å². The molecule has 0 saturated carbocycles. The van der Waals surface area contributed by atoms with Gasteiger partial charge in [-0.1, -0.05) is 71.2 Å². The number of anilines is 1. The molecule has 9 heteroatoms. The van der Waals surface area contributed by atoms with Crippen molar-refractivity contribution in [2.24, 2.45) is 0 Å². The molecule has 0 aliphatic carbocycles. The summed E-state index contributed by atoms with van der Waals surface area (Å²) in [5.41, 5.74) is 1.39. The number of carbonyl (C=O) groups is 1. The van der Waals surface area contributed by atoms with Gasteiger partial charge in [-0.2, -0.15) is 0 Å². The summed E-state index contributed by atoms with van der Waals surface area (Å²) in [6.07, 6.45) is 1.87. The van der Waals surface area contributed by atoms with E-state index in [1.165, 1.54) is 18.2 Å². The Kier molecular flexibility index (Phi) is 7.74. The molecular formula is C18H16Cl3N3O2S. The molecule has 0 bridgehead atoms. The third-order valence-corrected chi connectivity index (χ3v) is 4.09. The van der Waals surface area contributed by atoms with Crippen LogP contribution < -0.4 is 16.0 Å².